The highest BCUT2D eigenvalue weighted by Gasteiger charge is 2.47. The molecule has 1 saturated heterocycles. The van der Waals surface area contributed by atoms with Gasteiger partial charge in [-0.05, 0) is 75.0 Å². The van der Waals surface area contributed by atoms with E-state index < -0.39 is 5.60 Å². The van der Waals surface area contributed by atoms with Gasteiger partial charge in [-0.1, -0.05) is 20.8 Å². The number of carbonyl (C=O) groups is 1. The number of aromatic nitrogens is 1. The van der Waals surface area contributed by atoms with Crippen molar-refractivity contribution in [3.05, 3.63) is 29.6 Å². The summed E-state index contributed by atoms with van der Waals surface area (Å²) < 4.78 is 5.51. The van der Waals surface area contributed by atoms with Gasteiger partial charge in [-0.2, -0.15) is 0 Å². The molecule has 26 heavy (non-hydrogen) atoms. The van der Waals surface area contributed by atoms with Gasteiger partial charge in [0, 0.05) is 30.9 Å². The summed E-state index contributed by atoms with van der Waals surface area (Å²) in [6.45, 7) is 14.2. The van der Waals surface area contributed by atoms with Gasteiger partial charge in [0.05, 0.1) is 0 Å². The number of ether oxygens (including phenoxy) is 1. The van der Waals surface area contributed by atoms with Crippen LogP contribution in [0.25, 0.3) is 0 Å². The molecule has 4 heteroatoms. The molecule has 2 aliphatic rings. The third-order valence-electron chi connectivity index (χ3n) is 5.90. The van der Waals surface area contributed by atoms with Crippen molar-refractivity contribution in [2.24, 2.45) is 5.41 Å². The molecule has 1 aromatic rings. The maximum atomic E-state index is 12.2. The van der Waals surface area contributed by atoms with Gasteiger partial charge in [0.1, 0.15) is 5.60 Å². The molecule has 0 atom stereocenters. The molecule has 4 nitrogen and oxygen atoms in total. The lowest BCUT2D eigenvalue weighted by atomic mass is 9.56. The number of pyridine rings is 1. The van der Waals surface area contributed by atoms with E-state index in [0.717, 1.165) is 25.9 Å². The van der Waals surface area contributed by atoms with E-state index in [0.29, 0.717) is 11.3 Å². The lowest BCUT2D eigenvalue weighted by Gasteiger charge is -2.52. The quantitative estimate of drug-likeness (QED) is 0.686. The van der Waals surface area contributed by atoms with Gasteiger partial charge in [-0.3, -0.25) is 4.98 Å². The largest absolute Gasteiger partial charge is 0.444 e. The van der Waals surface area contributed by atoms with Crippen molar-refractivity contribution < 1.29 is 9.53 Å². The molecule has 1 spiro atoms. The fourth-order valence-electron chi connectivity index (χ4n) is 4.23. The average molecular weight is 359 g/mol. The topological polar surface area (TPSA) is 42.4 Å². The van der Waals surface area contributed by atoms with Gasteiger partial charge < -0.3 is 9.64 Å². The summed E-state index contributed by atoms with van der Waals surface area (Å²) in [5.74, 6) is 0.574. The van der Waals surface area contributed by atoms with Crippen LogP contribution < -0.4 is 0 Å². The zero-order valence-corrected chi connectivity index (χ0v) is 17.3. The summed E-state index contributed by atoms with van der Waals surface area (Å²) in [4.78, 5) is 18.8. The van der Waals surface area contributed by atoms with E-state index in [1.807, 2.05) is 31.9 Å². The Morgan fingerprint density at radius 3 is 2.31 bits per heavy atom. The van der Waals surface area contributed by atoms with Crippen LogP contribution in [0.4, 0.5) is 4.79 Å². The van der Waals surface area contributed by atoms with Crippen LogP contribution in [0.2, 0.25) is 0 Å². The highest BCUT2D eigenvalue weighted by atomic mass is 16.6. The Hall–Kier alpha value is -1.58. The van der Waals surface area contributed by atoms with Gasteiger partial charge in [0.25, 0.3) is 0 Å². The first-order valence-electron chi connectivity index (χ1n) is 9.92. The third kappa shape index (κ3) is 4.21. The molecule has 0 N–H and O–H groups in total. The van der Waals surface area contributed by atoms with E-state index in [-0.39, 0.29) is 11.5 Å². The van der Waals surface area contributed by atoms with Crippen molar-refractivity contribution in [1.29, 1.82) is 0 Å². The van der Waals surface area contributed by atoms with E-state index in [1.54, 1.807) is 0 Å². The molecule has 1 aliphatic heterocycles. The van der Waals surface area contributed by atoms with Crippen molar-refractivity contribution >= 4 is 6.09 Å². The lowest BCUT2D eigenvalue weighted by Crippen LogP contribution is -2.49. The molecule has 144 valence electrons. The highest BCUT2D eigenvalue weighted by molar-refractivity contribution is 5.68. The zero-order chi connectivity index (χ0) is 19.2. The van der Waals surface area contributed by atoms with E-state index >= 15 is 0 Å². The minimum Gasteiger partial charge on any atom is -0.444 e. The molecular formula is C22H34N2O2. The summed E-state index contributed by atoms with van der Waals surface area (Å²) in [5.41, 5.74) is 2.76. The van der Waals surface area contributed by atoms with Gasteiger partial charge in [-0.15, -0.1) is 0 Å². The predicted molar refractivity (Wildman–Crippen MR) is 104 cm³/mol. The molecular weight excluding hydrogens is 324 g/mol. The molecule has 0 radical (unpaired) electrons. The first-order valence-corrected chi connectivity index (χ1v) is 9.92. The number of likely N-dealkylation sites (tertiary alicyclic amines) is 1. The van der Waals surface area contributed by atoms with Crippen LogP contribution in [-0.2, 0) is 10.2 Å². The Balaban J connectivity index is 1.55. The molecule has 2 fully saturated rings. The molecule has 1 aliphatic carbocycles. The second-order valence-corrected chi connectivity index (χ2v) is 10.3. The Morgan fingerprint density at radius 2 is 1.77 bits per heavy atom. The zero-order valence-electron chi connectivity index (χ0n) is 17.3. The van der Waals surface area contributed by atoms with E-state index in [4.69, 9.17) is 4.74 Å². The van der Waals surface area contributed by atoms with Gasteiger partial charge in [0.15, 0.2) is 0 Å². The molecule has 3 rings (SSSR count). The van der Waals surface area contributed by atoms with Crippen molar-refractivity contribution in [2.45, 2.75) is 84.2 Å². The van der Waals surface area contributed by atoms with Crippen LogP contribution in [0, 0.1) is 5.41 Å². The second-order valence-electron chi connectivity index (χ2n) is 10.3. The summed E-state index contributed by atoms with van der Waals surface area (Å²) >= 11 is 0. The monoisotopic (exact) mass is 358 g/mol. The normalized spacial score (nSPS) is 20.8. The van der Waals surface area contributed by atoms with Crippen LogP contribution in [0.1, 0.15) is 84.4 Å². The summed E-state index contributed by atoms with van der Waals surface area (Å²) in [7, 11) is 0. The average Bonchev–Trinajstić information content (AvgIpc) is 2.50. The number of rotatable bonds is 1. The number of hydrogen-bond donors (Lipinski definition) is 0. The van der Waals surface area contributed by atoms with Crippen molar-refractivity contribution in [3.63, 3.8) is 0 Å². The van der Waals surface area contributed by atoms with Crippen LogP contribution in [0.3, 0.4) is 0 Å². The SMILES string of the molecule is CC(C)(C)OC(=O)N1CCC2(CC1)CC(c1cc(C(C)(C)C)ccn1)C2. The van der Waals surface area contributed by atoms with Gasteiger partial charge in [0.2, 0.25) is 0 Å². The highest BCUT2D eigenvalue weighted by Crippen LogP contribution is 2.56. The standard InChI is InChI=1S/C22H34N2O2/c1-20(2,3)17-7-10-23-18(13-17)16-14-22(15-16)8-11-24(12-9-22)19(25)26-21(4,5)6/h7,10,13,16H,8-9,11-12,14-15H2,1-6H3. The molecule has 0 unspecified atom stereocenters. The predicted octanol–water partition coefficient (Wildman–Crippen LogP) is 5.27. The minimum absolute atomic E-state index is 0.164. The number of piperidine rings is 1. The van der Waals surface area contributed by atoms with Crippen molar-refractivity contribution in [2.75, 3.05) is 13.1 Å². The number of nitrogens with zero attached hydrogens (tertiary/aromatic N) is 2. The molecule has 1 saturated carbocycles. The summed E-state index contributed by atoms with van der Waals surface area (Å²) in [6.07, 6.45) is 6.38. The Bertz CT molecular complexity index is 653. The maximum Gasteiger partial charge on any atom is 0.410 e. The van der Waals surface area contributed by atoms with Gasteiger partial charge in [-0.25, -0.2) is 4.79 Å². The number of carbonyl (C=O) groups excluding carboxylic acids is 1. The first kappa shape index (κ1) is 19.2. The van der Waals surface area contributed by atoms with Crippen molar-refractivity contribution in [1.82, 2.24) is 9.88 Å². The fraction of sp³-hybridized carbons (Fsp3) is 0.727. The molecule has 1 amide bonds. The second kappa shape index (κ2) is 6.54. The van der Waals surface area contributed by atoms with Crippen LogP contribution in [-0.4, -0.2) is 34.7 Å². The summed E-state index contributed by atoms with van der Waals surface area (Å²) in [5, 5.41) is 0. The van der Waals surface area contributed by atoms with Gasteiger partial charge >= 0.3 is 6.09 Å². The van der Waals surface area contributed by atoms with Crippen LogP contribution in [0.5, 0.6) is 0 Å². The van der Waals surface area contributed by atoms with E-state index in [9.17, 15) is 4.79 Å². The number of amides is 1. The van der Waals surface area contributed by atoms with Crippen LogP contribution in [0.15, 0.2) is 18.3 Å². The van der Waals surface area contributed by atoms with E-state index in [1.165, 1.54) is 24.1 Å². The maximum absolute atomic E-state index is 12.2. The molecule has 0 bridgehead atoms. The minimum atomic E-state index is -0.419. The Labute approximate surface area is 158 Å². The molecule has 0 aromatic carbocycles. The first-order chi connectivity index (χ1) is 12.0. The lowest BCUT2D eigenvalue weighted by molar-refractivity contribution is -0.0126. The van der Waals surface area contributed by atoms with Crippen LogP contribution >= 0.6 is 0 Å². The van der Waals surface area contributed by atoms with E-state index in [2.05, 4.69) is 37.9 Å². The Kier molecular flexibility index (Phi) is 4.83. The summed E-state index contributed by atoms with van der Waals surface area (Å²) in [6, 6.07) is 4.44. The third-order valence-corrected chi connectivity index (χ3v) is 5.90. The number of hydrogen-bond acceptors (Lipinski definition) is 3. The molecule has 2 heterocycles. The smallest absolute Gasteiger partial charge is 0.410 e. The Morgan fingerprint density at radius 1 is 1.15 bits per heavy atom. The molecule has 1 aromatic heterocycles. The van der Waals surface area contributed by atoms with Crippen molar-refractivity contribution in [3.8, 4) is 0 Å². The fourth-order valence-corrected chi connectivity index (χ4v) is 4.23.